The van der Waals surface area contributed by atoms with Gasteiger partial charge in [-0.3, -0.25) is 14.9 Å². The van der Waals surface area contributed by atoms with Crippen molar-refractivity contribution in [3.8, 4) is 0 Å². The topological polar surface area (TPSA) is 113 Å². The van der Waals surface area contributed by atoms with Gasteiger partial charge in [-0.15, -0.1) is 0 Å². The van der Waals surface area contributed by atoms with E-state index in [1.807, 2.05) is 4.90 Å². The highest BCUT2D eigenvalue weighted by Gasteiger charge is 2.26. The molecule has 1 unspecified atom stereocenters. The Morgan fingerprint density at radius 2 is 2.07 bits per heavy atom. The second kappa shape index (κ2) is 9.16. The SMILES string of the molecule is C/C=C/CC(NC(=O)c1ccc(N2CCC(C)CC2)c([N+](=O)[O-])c1)C(=O)O. The average molecular weight is 375 g/mol. The molecule has 8 heteroatoms. The minimum Gasteiger partial charge on any atom is -0.480 e. The zero-order valence-electron chi connectivity index (χ0n) is 15.6. The van der Waals surface area contributed by atoms with Gasteiger partial charge in [0, 0.05) is 24.7 Å². The minimum absolute atomic E-state index is 0.0718. The van der Waals surface area contributed by atoms with Gasteiger partial charge in [-0.1, -0.05) is 19.1 Å². The number of nitrogens with one attached hydrogen (secondary N) is 1. The van der Waals surface area contributed by atoms with Gasteiger partial charge in [-0.2, -0.15) is 0 Å². The summed E-state index contributed by atoms with van der Waals surface area (Å²) in [6.07, 6.45) is 5.40. The third-order valence-corrected chi connectivity index (χ3v) is 4.77. The van der Waals surface area contributed by atoms with Crippen molar-refractivity contribution in [2.24, 2.45) is 5.92 Å². The van der Waals surface area contributed by atoms with Crippen molar-refractivity contribution in [3.63, 3.8) is 0 Å². The normalized spacial score (nSPS) is 16.3. The predicted molar refractivity (Wildman–Crippen MR) is 102 cm³/mol. The molecule has 146 valence electrons. The number of benzene rings is 1. The number of nitrogens with zero attached hydrogens (tertiary/aromatic N) is 2. The Hall–Kier alpha value is -2.90. The molecule has 1 aromatic carbocycles. The molecular weight excluding hydrogens is 350 g/mol. The van der Waals surface area contributed by atoms with Crippen LogP contribution in [-0.4, -0.2) is 41.0 Å². The maximum atomic E-state index is 12.4. The van der Waals surface area contributed by atoms with Gasteiger partial charge in [0.2, 0.25) is 0 Å². The lowest BCUT2D eigenvalue weighted by Crippen LogP contribution is -2.40. The molecule has 2 rings (SSSR count). The number of nitro benzene ring substituents is 1. The van der Waals surface area contributed by atoms with Gasteiger partial charge < -0.3 is 15.3 Å². The van der Waals surface area contributed by atoms with E-state index in [0.717, 1.165) is 25.9 Å². The molecule has 0 saturated carbocycles. The molecule has 1 heterocycles. The summed E-state index contributed by atoms with van der Waals surface area (Å²) in [5.74, 6) is -1.21. The molecule has 27 heavy (non-hydrogen) atoms. The number of carboxylic acids is 1. The summed E-state index contributed by atoms with van der Waals surface area (Å²) in [5.41, 5.74) is 0.423. The van der Waals surface area contributed by atoms with Crippen LogP contribution >= 0.6 is 0 Å². The first kappa shape index (κ1) is 20.4. The quantitative estimate of drug-likeness (QED) is 0.430. The van der Waals surface area contributed by atoms with E-state index in [0.29, 0.717) is 11.6 Å². The summed E-state index contributed by atoms with van der Waals surface area (Å²) in [6.45, 7) is 5.38. The molecule has 1 aromatic rings. The largest absolute Gasteiger partial charge is 0.480 e. The van der Waals surface area contributed by atoms with Gasteiger partial charge in [-0.05, 0) is 44.2 Å². The lowest BCUT2D eigenvalue weighted by molar-refractivity contribution is -0.384. The molecule has 0 spiro atoms. The zero-order valence-corrected chi connectivity index (χ0v) is 15.6. The van der Waals surface area contributed by atoms with Crippen LogP contribution in [0.2, 0.25) is 0 Å². The van der Waals surface area contributed by atoms with Gasteiger partial charge >= 0.3 is 5.97 Å². The number of amides is 1. The first-order valence-corrected chi connectivity index (χ1v) is 9.01. The number of nitro groups is 1. The molecular formula is C19H25N3O5. The molecule has 1 saturated heterocycles. The van der Waals surface area contributed by atoms with E-state index >= 15 is 0 Å². The van der Waals surface area contributed by atoms with Gasteiger partial charge in [-0.25, -0.2) is 4.79 Å². The van der Waals surface area contributed by atoms with E-state index in [-0.39, 0.29) is 17.7 Å². The number of rotatable bonds is 7. The molecule has 2 N–H and O–H groups in total. The van der Waals surface area contributed by atoms with Crippen molar-refractivity contribution in [1.29, 1.82) is 0 Å². The highest BCUT2D eigenvalue weighted by molar-refractivity contribution is 5.98. The van der Waals surface area contributed by atoms with Gasteiger partial charge in [0.1, 0.15) is 11.7 Å². The molecule has 1 atom stereocenters. The van der Waals surface area contributed by atoms with Crippen LogP contribution < -0.4 is 10.2 Å². The van der Waals surface area contributed by atoms with Crippen LogP contribution in [0.25, 0.3) is 0 Å². The second-order valence-corrected chi connectivity index (χ2v) is 6.80. The third-order valence-electron chi connectivity index (χ3n) is 4.77. The maximum Gasteiger partial charge on any atom is 0.326 e. The summed E-state index contributed by atoms with van der Waals surface area (Å²) in [5, 5.41) is 23.1. The maximum absolute atomic E-state index is 12.4. The molecule has 1 aliphatic rings. The summed E-state index contributed by atoms with van der Waals surface area (Å²) < 4.78 is 0. The Labute approximate surface area is 158 Å². The van der Waals surface area contributed by atoms with Crippen LogP contribution in [0.5, 0.6) is 0 Å². The van der Waals surface area contributed by atoms with Crippen LogP contribution in [0.1, 0.15) is 43.5 Å². The highest BCUT2D eigenvalue weighted by Crippen LogP contribution is 2.32. The van der Waals surface area contributed by atoms with Crippen LogP contribution in [0.15, 0.2) is 30.4 Å². The highest BCUT2D eigenvalue weighted by atomic mass is 16.6. The van der Waals surface area contributed by atoms with Crippen LogP contribution in [0, 0.1) is 16.0 Å². The lowest BCUT2D eigenvalue weighted by Gasteiger charge is -2.31. The fourth-order valence-electron chi connectivity index (χ4n) is 3.06. The number of allylic oxidation sites excluding steroid dienone is 1. The first-order valence-electron chi connectivity index (χ1n) is 9.01. The molecule has 8 nitrogen and oxygen atoms in total. The Bertz CT molecular complexity index is 739. The summed E-state index contributed by atoms with van der Waals surface area (Å²) in [4.78, 5) is 36.6. The number of anilines is 1. The smallest absolute Gasteiger partial charge is 0.326 e. The number of carboxylic acid groups (broad SMARTS) is 1. The molecule has 0 aromatic heterocycles. The number of hydrogen-bond donors (Lipinski definition) is 2. The number of carbonyl (C=O) groups excluding carboxylic acids is 1. The van der Waals surface area contributed by atoms with Crippen molar-refractivity contribution in [1.82, 2.24) is 5.32 Å². The van der Waals surface area contributed by atoms with E-state index in [1.165, 1.54) is 12.1 Å². The van der Waals surface area contributed by atoms with E-state index in [2.05, 4.69) is 12.2 Å². The van der Waals surface area contributed by atoms with Crippen molar-refractivity contribution in [2.45, 2.75) is 39.2 Å². The number of piperidine rings is 1. The molecule has 1 fully saturated rings. The molecule has 0 bridgehead atoms. The molecule has 0 aliphatic carbocycles. The standard InChI is InChI=1S/C19H25N3O5/c1-3-4-5-15(19(24)25)20-18(23)14-6-7-16(17(12-14)22(26)27)21-10-8-13(2)9-11-21/h3-4,6-7,12-13,15H,5,8-11H2,1-2H3,(H,20,23)(H,24,25)/b4-3+. The molecule has 1 amide bonds. The Morgan fingerprint density at radius 1 is 1.41 bits per heavy atom. The van der Waals surface area contributed by atoms with Crippen LogP contribution in [0.4, 0.5) is 11.4 Å². The number of hydrogen-bond acceptors (Lipinski definition) is 5. The van der Waals surface area contributed by atoms with Crippen molar-refractivity contribution in [2.75, 3.05) is 18.0 Å². The monoisotopic (exact) mass is 375 g/mol. The van der Waals surface area contributed by atoms with E-state index in [9.17, 15) is 24.8 Å². The van der Waals surface area contributed by atoms with Crippen molar-refractivity contribution in [3.05, 3.63) is 46.0 Å². The van der Waals surface area contributed by atoms with Crippen LogP contribution in [-0.2, 0) is 4.79 Å². The Balaban J connectivity index is 2.22. The Kier molecular flexibility index (Phi) is 6.92. The van der Waals surface area contributed by atoms with E-state index < -0.39 is 22.8 Å². The average Bonchev–Trinajstić information content (AvgIpc) is 2.64. The van der Waals surface area contributed by atoms with Crippen molar-refractivity contribution < 1.29 is 19.6 Å². The molecule has 1 aliphatic heterocycles. The summed E-state index contributed by atoms with van der Waals surface area (Å²) in [6, 6.07) is 3.21. The first-order chi connectivity index (χ1) is 12.8. The fourth-order valence-corrected chi connectivity index (χ4v) is 3.06. The number of aliphatic carboxylic acids is 1. The van der Waals surface area contributed by atoms with Gasteiger partial charge in [0.05, 0.1) is 4.92 Å². The zero-order chi connectivity index (χ0) is 20.0. The molecule has 0 radical (unpaired) electrons. The van der Waals surface area contributed by atoms with Gasteiger partial charge in [0.15, 0.2) is 0 Å². The summed E-state index contributed by atoms with van der Waals surface area (Å²) in [7, 11) is 0. The lowest BCUT2D eigenvalue weighted by atomic mass is 9.98. The Morgan fingerprint density at radius 3 is 2.63 bits per heavy atom. The number of carbonyl (C=O) groups is 2. The minimum atomic E-state index is -1.16. The summed E-state index contributed by atoms with van der Waals surface area (Å²) >= 11 is 0. The van der Waals surface area contributed by atoms with Crippen molar-refractivity contribution >= 4 is 23.3 Å². The predicted octanol–water partition coefficient (Wildman–Crippen LogP) is 2.98. The van der Waals surface area contributed by atoms with Gasteiger partial charge in [0.25, 0.3) is 11.6 Å². The van der Waals surface area contributed by atoms with Crippen LogP contribution in [0.3, 0.4) is 0 Å². The van der Waals surface area contributed by atoms with E-state index in [4.69, 9.17) is 0 Å². The fraction of sp³-hybridized carbons (Fsp3) is 0.474. The second-order valence-electron chi connectivity index (χ2n) is 6.80. The van der Waals surface area contributed by atoms with E-state index in [1.54, 1.807) is 25.1 Å². The third kappa shape index (κ3) is 5.29.